The highest BCUT2D eigenvalue weighted by molar-refractivity contribution is 6.30. The van der Waals surface area contributed by atoms with Gasteiger partial charge in [0.25, 0.3) is 5.91 Å². The number of amides is 1. The summed E-state index contributed by atoms with van der Waals surface area (Å²) in [6.07, 6.45) is 1.26. The van der Waals surface area contributed by atoms with Crippen LogP contribution in [0.15, 0.2) is 54.6 Å². The minimum absolute atomic E-state index is 0.0908. The number of hydrogen-bond donors (Lipinski definition) is 1. The summed E-state index contributed by atoms with van der Waals surface area (Å²) in [5, 5.41) is 3.58. The highest BCUT2D eigenvalue weighted by Crippen LogP contribution is 2.18. The number of ether oxygens (including phenoxy) is 1. The zero-order chi connectivity index (χ0) is 16.7. The molecule has 4 heteroatoms. The van der Waals surface area contributed by atoms with E-state index in [0.717, 1.165) is 12.8 Å². The smallest absolute Gasteiger partial charge is 0.260 e. The zero-order valence-electron chi connectivity index (χ0n) is 13.5. The average Bonchev–Trinajstić information content (AvgIpc) is 2.54. The van der Waals surface area contributed by atoms with Crippen LogP contribution in [-0.2, 0) is 11.2 Å². The van der Waals surface area contributed by atoms with Crippen LogP contribution >= 0.6 is 11.6 Å². The van der Waals surface area contributed by atoms with Gasteiger partial charge in [0, 0.05) is 11.1 Å². The van der Waals surface area contributed by atoms with Gasteiger partial charge in [-0.25, -0.2) is 0 Å². The molecule has 0 radical (unpaired) electrons. The first kappa shape index (κ1) is 17.4. The van der Waals surface area contributed by atoms with Gasteiger partial charge in [-0.3, -0.25) is 4.79 Å². The molecule has 23 heavy (non-hydrogen) atoms. The Bertz CT molecular complexity index is 630. The molecule has 0 unspecified atom stereocenters. The molecular weight excluding hydrogens is 310 g/mol. The zero-order valence-corrected chi connectivity index (χ0v) is 14.2. The molecule has 2 rings (SSSR count). The van der Waals surface area contributed by atoms with E-state index in [-0.39, 0.29) is 11.9 Å². The van der Waals surface area contributed by atoms with E-state index in [2.05, 4.69) is 17.4 Å². The molecule has 0 saturated heterocycles. The molecule has 122 valence electrons. The van der Waals surface area contributed by atoms with Gasteiger partial charge in [0.2, 0.25) is 0 Å². The second-order valence-corrected chi connectivity index (χ2v) is 6.09. The molecule has 0 aliphatic heterocycles. The van der Waals surface area contributed by atoms with E-state index in [1.165, 1.54) is 5.56 Å². The Kier molecular flexibility index (Phi) is 6.48. The molecule has 1 N–H and O–H groups in total. The van der Waals surface area contributed by atoms with Crippen molar-refractivity contribution in [2.75, 3.05) is 0 Å². The minimum Gasteiger partial charge on any atom is -0.481 e. The Hall–Kier alpha value is -2.00. The predicted octanol–water partition coefficient (Wildman–Crippen LogP) is 4.24. The van der Waals surface area contributed by atoms with Crippen LogP contribution in [0.5, 0.6) is 5.75 Å². The van der Waals surface area contributed by atoms with Crippen LogP contribution in [0.4, 0.5) is 0 Å². The molecule has 2 aromatic rings. The molecule has 3 nitrogen and oxygen atoms in total. The molecule has 0 saturated carbocycles. The summed E-state index contributed by atoms with van der Waals surface area (Å²) >= 11 is 5.91. The van der Waals surface area contributed by atoms with Crippen molar-refractivity contribution in [3.05, 3.63) is 65.2 Å². The third-order valence-corrected chi connectivity index (χ3v) is 3.81. The maximum Gasteiger partial charge on any atom is 0.260 e. The molecule has 0 aliphatic rings. The van der Waals surface area contributed by atoms with Crippen molar-refractivity contribution in [1.82, 2.24) is 5.32 Å². The van der Waals surface area contributed by atoms with E-state index >= 15 is 0 Å². The van der Waals surface area contributed by atoms with Gasteiger partial charge in [-0.2, -0.15) is 0 Å². The largest absolute Gasteiger partial charge is 0.481 e. The van der Waals surface area contributed by atoms with Gasteiger partial charge >= 0.3 is 0 Å². The summed E-state index contributed by atoms with van der Waals surface area (Å²) in [7, 11) is 0. The van der Waals surface area contributed by atoms with Crippen molar-refractivity contribution in [2.45, 2.75) is 38.8 Å². The number of hydrogen-bond acceptors (Lipinski definition) is 2. The molecule has 0 aliphatic carbocycles. The minimum atomic E-state index is -0.562. The van der Waals surface area contributed by atoms with E-state index in [9.17, 15) is 4.79 Å². The van der Waals surface area contributed by atoms with Crippen LogP contribution in [0.3, 0.4) is 0 Å². The molecule has 0 fully saturated rings. The van der Waals surface area contributed by atoms with Gasteiger partial charge in [0.05, 0.1) is 0 Å². The first-order chi connectivity index (χ1) is 11.0. The van der Waals surface area contributed by atoms with E-state index in [4.69, 9.17) is 16.3 Å². The van der Waals surface area contributed by atoms with Crippen molar-refractivity contribution in [3.8, 4) is 5.75 Å². The Morgan fingerprint density at radius 2 is 1.87 bits per heavy atom. The normalized spacial score (nSPS) is 13.2. The van der Waals surface area contributed by atoms with Crippen LogP contribution in [0, 0.1) is 0 Å². The number of nitrogens with one attached hydrogen (secondary N) is 1. The number of rotatable bonds is 7. The van der Waals surface area contributed by atoms with E-state index in [1.54, 1.807) is 31.2 Å². The van der Waals surface area contributed by atoms with Gasteiger partial charge in [-0.1, -0.05) is 48.0 Å². The first-order valence-corrected chi connectivity index (χ1v) is 8.19. The third-order valence-electron chi connectivity index (χ3n) is 3.58. The van der Waals surface area contributed by atoms with Crippen LogP contribution < -0.4 is 10.1 Å². The van der Waals surface area contributed by atoms with Crippen molar-refractivity contribution in [3.63, 3.8) is 0 Å². The Morgan fingerprint density at radius 3 is 2.57 bits per heavy atom. The molecule has 0 heterocycles. The number of carbonyl (C=O) groups is 1. The number of halogens is 1. The fraction of sp³-hybridized carbons (Fsp3) is 0.316. The van der Waals surface area contributed by atoms with Gasteiger partial charge in [0.15, 0.2) is 6.10 Å². The average molecular weight is 332 g/mol. The number of benzene rings is 2. The molecule has 0 bridgehead atoms. The van der Waals surface area contributed by atoms with Gasteiger partial charge < -0.3 is 10.1 Å². The molecule has 0 aromatic heterocycles. The quantitative estimate of drug-likeness (QED) is 0.824. The van der Waals surface area contributed by atoms with Crippen molar-refractivity contribution in [2.24, 2.45) is 0 Å². The Labute approximate surface area is 142 Å². The van der Waals surface area contributed by atoms with E-state index < -0.39 is 6.10 Å². The summed E-state index contributed by atoms with van der Waals surface area (Å²) in [5.41, 5.74) is 1.27. The van der Waals surface area contributed by atoms with Crippen LogP contribution in [0.25, 0.3) is 0 Å². The van der Waals surface area contributed by atoms with Gasteiger partial charge in [0.1, 0.15) is 5.75 Å². The van der Waals surface area contributed by atoms with Crippen LogP contribution in [-0.4, -0.2) is 18.1 Å². The SMILES string of the molecule is C[C@@H](CCc1ccccc1)NC(=O)[C@@H](C)Oc1cccc(Cl)c1. The van der Waals surface area contributed by atoms with Gasteiger partial charge in [-0.05, 0) is 50.5 Å². The highest BCUT2D eigenvalue weighted by Gasteiger charge is 2.17. The Balaban J connectivity index is 1.78. The molecule has 1 amide bonds. The summed E-state index contributed by atoms with van der Waals surface area (Å²) in [5.74, 6) is 0.475. The second kappa shape index (κ2) is 8.59. The lowest BCUT2D eigenvalue weighted by atomic mass is 10.1. The van der Waals surface area contributed by atoms with Crippen molar-refractivity contribution < 1.29 is 9.53 Å². The molecule has 2 atom stereocenters. The van der Waals surface area contributed by atoms with Crippen molar-refractivity contribution in [1.29, 1.82) is 0 Å². The summed E-state index contributed by atoms with van der Waals surface area (Å²) in [4.78, 5) is 12.2. The Morgan fingerprint density at radius 1 is 1.13 bits per heavy atom. The summed E-state index contributed by atoms with van der Waals surface area (Å²) in [6, 6.07) is 17.4. The molecule has 2 aromatic carbocycles. The van der Waals surface area contributed by atoms with Gasteiger partial charge in [-0.15, -0.1) is 0 Å². The fourth-order valence-electron chi connectivity index (χ4n) is 2.26. The summed E-state index contributed by atoms with van der Waals surface area (Å²) < 4.78 is 5.62. The fourth-order valence-corrected chi connectivity index (χ4v) is 2.44. The van der Waals surface area contributed by atoms with Crippen molar-refractivity contribution >= 4 is 17.5 Å². The van der Waals surface area contributed by atoms with E-state index in [0.29, 0.717) is 10.8 Å². The van der Waals surface area contributed by atoms with Crippen LogP contribution in [0.1, 0.15) is 25.8 Å². The second-order valence-electron chi connectivity index (χ2n) is 5.65. The highest BCUT2D eigenvalue weighted by atomic mass is 35.5. The topological polar surface area (TPSA) is 38.3 Å². The van der Waals surface area contributed by atoms with E-state index in [1.807, 2.05) is 25.1 Å². The summed E-state index contributed by atoms with van der Waals surface area (Å²) in [6.45, 7) is 3.74. The first-order valence-electron chi connectivity index (χ1n) is 7.81. The maximum absolute atomic E-state index is 12.2. The molecule has 0 spiro atoms. The van der Waals surface area contributed by atoms with Crippen LogP contribution in [0.2, 0.25) is 5.02 Å². The third kappa shape index (κ3) is 5.95. The maximum atomic E-state index is 12.2. The predicted molar refractivity (Wildman–Crippen MR) is 93.9 cm³/mol. The monoisotopic (exact) mass is 331 g/mol. The number of aryl methyl sites for hydroxylation is 1. The standard InChI is InChI=1S/C19H22ClNO2/c1-14(11-12-16-7-4-3-5-8-16)21-19(22)15(2)23-18-10-6-9-17(20)13-18/h3-10,13-15H,11-12H2,1-2H3,(H,21,22)/t14-,15+/m0/s1. The lowest BCUT2D eigenvalue weighted by molar-refractivity contribution is -0.127. The number of carbonyl (C=O) groups excluding carboxylic acids is 1. The lowest BCUT2D eigenvalue weighted by Gasteiger charge is -2.19. The lowest BCUT2D eigenvalue weighted by Crippen LogP contribution is -2.41. The molecular formula is C19H22ClNO2.